The van der Waals surface area contributed by atoms with E-state index in [1.54, 1.807) is 24.4 Å². The number of halogens is 2. The number of hydrogen-bond donors (Lipinski definition) is 4. The van der Waals surface area contributed by atoms with Gasteiger partial charge in [0.2, 0.25) is 5.95 Å². The smallest absolute Gasteiger partial charge is 0.267 e. The van der Waals surface area contributed by atoms with Crippen molar-refractivity contribution in [3.05, 3.63) is 56.8 Å². The summed E-state index contributed by atoms with van der Waals surface area (Å²) in [5.41, 5.74) is 12.2. The molecule has 0 saturated heterocycles. The first-order chi connectivity index (χ1) is 14.9. The van der Waals surface area contributed by atoms with Crippen LogP contribution in [-0.2, 0) is 0 Å². The van der Waals surface area contributed by atoms with Crippen LogP contribution in [0.25, 0.3) is 16.6 Å². The van der Waals surface area contributed by atoms with Crippen molar-refractivity contribution in [3.8, 4) is 5.69 Å². The van der Waals surface area contributed by atoms with Crippen molar-refractivity contribution in [3.63, 3.8) is 0 Å². The van der Waals surface area contributed by atoms with Crippen molar-refractivity contribution < 1.29 is 0 Å². The molecule has 3 heterocycles. The number of nitrogens with one attached hydrogen (secondary N) is 2. The molecule has 0 spiro atoms. The number of rotatable bonds is 6. The Morgan fingerprint density at radius 3 is 2.74 bits per heavy atom. The summed E-state index contributed by atoms with van der Waals surface area (Å²) in [4.78, 5) is 26.3. The van der Waals surface area contributed by atoms with Crippen molar-refractivity contribution in [2.24, 2.45) is 0 Å². The molecule has 160 valence electrons. The minimum absolute atomic E-state index is 0.0230. The molecule has 1 atom stereocenters. The number of fused-ring (bicyclic) bond motifs is 1. The number of nitrogen functional groups attached to an aromatic ring is 2. The summed E-state index contributed by atoms with van der Waals surface area (Å²) in [7, 11) is 0. The molecule has 0 amide bonds. The van der Waals surface area contributed by atoms with E-state index in [1.165, 1.54) is 10.8 Å². The van der Waals surface area contributed by atoms with Gasteiger partial charge in [-0.3, -0.25) is 14.5 Å². The van der Waals surface area contributed by atoms with Gasteiger partial charge in [0, 0.05) is 6.20 Å². The predicted molar refractivity (Wildman–Crippen MR) is 122 cm³/mol. The second-order valence-corrected chi connectivity index (χ2v) is 7.60. The summed E-state index contributed by atoms with van der Waals surface area (Å²) in [5.74, 6) is 0.724. The molecule has 0 aliphatic carbocycles. The average Bonchev–Trinajstić information content (AvgIpc) is 3.25. The minimum atomic E-state index is -0.456. The lowest BCUT2D eigenvalue weighted by Crippen LogP contribution is -2.28. The summed E-state index contributed by atoms with van der Waals surface area (Å²) in [6.45, 7) is 2.01. The molecule has 4 aromatic rings. The Bertz CT molecular complexity index is 1300. The molecule has 31 heavy (non-hydrogen) atoms. The summed E-state index contributed by atoms with van der Waals surface area (Å²) in [6.07, 6.45) is 4.52. The monoisotopic (exact) mass is 459 g/mol. The van der Waals surface area contributed by atoms with Gasteiger partial charge in [-0.05, 0) is 18.6 Å². The lowest BCUT2D eigenvalue weighted by atomic mass is 10.1. The first-order valence-corrected chi connectivity index (χ1v) is 10.2. The number of H-pyrrole nitrogens is 1. The summed E-state index contributed by atoms with van der Waals surface area (Å²) in [5, 5.41) is 10.7. The standard InChI is InChI=1S/C19H19Cl2N9O/c1-2-4-12(26-16-14(21)15(22)28-19(23)29-16)17-27-11-6-3-5-10(20)13(11)18(31)30(17)9-7-24-25-8-9/h3,5-8,12H,2,4H2,1H3,(H,24,25)(H5,22,23,26,28,29). The number of hydrogen-bond acceptors (Lipinski definition) is 8. The van der Waals surface area contributed by atoms with Gasteiger partial charge >= 0.3 is 0 Å². The van der Waals surface area contributed by atoms with Gasteiger partial charge in [0.25, 0.3) is 5.56 Å². The van der Waals surface area contributed by atoms with Crippen LogP contribution < -0.4 is 22.3 Å². The van der Waals surface area contributed by atoms with Crippen molar-refractivity contribution in [1.82, 2.24) is 29.7 Å². The number of nitrogens with zero attached hydrogens (tertiary/aromatic N) is 5. The maximum atomic E-state index is 13.5. The van der Waals surface area contributed by atoms with Crippen molar-refractivity contribution in [1.29, 1.82) is 0 Å². The summed E-state index contributed by atoms with van der Waals surface area (Å²) < 4.78 is 1.47. The lowest BCUT2D eigenvalue weighted by Gasteiger charge is -2.23. The maximum absolute atomic E-state index is 13.5. The normalized spacial score (nSPS) is 12.2. The summed E-state index contributed by atoms with van der Waals surface area (Å²) >= 11 is 12.6. The molecule has 1 aromatic carbocycles. The average molecular weight is 460 g/mol. The van der Waals surface area contributed by atoms with Crippen molar-refractivity contribution >= 4 is 51.7 Å². The molecule has 0 aliphatic rings. The lowest BCUT2D eigenvalue weighted by molar-refractivity contribution is 0.615. The molecule has 3 aromatic heterocycles. The van der Waals surface area contributed by atoms with E-state index >= 15 is 0 Å². The van der Waals surface area contributed by atoms with Crippen LogP contribution in [0.2, 0.25) is 10.0 Å². The number of aromatic amines is 1. The molecule has 0 aliphatic heterocycles. The van der Waals surface area contributed by atoms with Gasteiger partial charge < -0.3 is 16.8 Å². The van der Waals surface area contributed by atoms with E-state index < -0.39 is 6.04 Å². The number of anilines is 3. The Morgan fingerprint density at radius 1 is 1.23 bits per heavy atom. The fraction of sp³-hybridized carbons (Fsp3) is 0.211. The molecular weight excluding hydrogens is 441 g/mol. The third-order valence-corrected chi connectivity index (χ3v) is 5.40. The van der Waals surface area contributed by atoms with E-state index in [2.05, 4.69) is 25.5 Å². The highest BCUT2D eigenvalue weighted by atomic mass is 35.5. The highest BCUT2D eigenvalue weighted by Gasteiger charge is 2.24. The molecule has 12 heteroatoms. The quantitative estimate of drug-likeness (QED) is 0.342. The third kappa shape index (κ3) is 3.87. The van der Waals surface area contributed by atoms with Crippen LogP contribution in [0.3, 0.4) is 0 Å². The Balaban J connectivity index is 1.95. The van der Waals surface area contributed by atoms with Crippen LogP contribution >= 0.6 is 23.2 Å². The fourth-order valence-electron chi connectivity index (χ4n) is 3.35. The Kier molecular flexibility index (Phi) is 5.66. The topological polar surface area (TPSA) is 153 Å². The van der Waals surface area contributed by atoms with E-state index in [0.717, 1.165) is 6.42 Å². The summed E-state index contributed by atoms with van der Waals surface area (Å²) in [6, 6.07) is 4.68. The Labute approximate surface area is 186 Å². The van der Waals surface area contributed by atoms with Gasteiger partial charge in [-0.1, -0.05) is 42.6 Å². The zero-order valence-electron chi connectivity index (χ0n) is 16.4. The fourth-order valence-corrected chi connectivity index (χ4v) is 3.74. The SMILES string of the molecule is CCCC(Nc1nc(N)nc(N)c1Cl)c1nc2cccc(Cl)c2c(=O)n1-c1cn[nH]c1. The molecule has 1 unspecified atom stereocenters. The molecule has 0 fully saturated rings. The van der Waals surface area contributed by atoms with Gasteiger partial charge in [0.05, 0.1) is 33.9 Å². The van der Waals surface area contributed by atoms with E-state index in [4.69, 9.17) is 39.7 Å². The van der Waals surface area contributed by atoms with Crippen LogP contribution in [-0.4, -0.2) is 29.7 Å². The van der Waals surface area contributed by atoms with Crippen LogP contribution in [0.15, 0.2) is 35.4 Å². The predicted octanol–water partition coefficient (Wildman–Crippen LogP) is 3.32. The number of nitrogens with two attached hydrogens (primary N) is 2. The maximum Gasteiger partial charge on any atom is 0.267 e. The van der Waals surface area contributed by atoms with Gasteiger partial charge in [0.15, 0.2) is 5.82 Å². The molecule has 0 bridgehead atoms. The van der Waals surface area contributed by atoms with E-state index in [1.807, 2.05) is 6.92 Å². The van der Waals surface area contributed by atoms with Crippen molar-refractivity contribution in [2.75, 3.05) is 16.8 Å². The van der Waals surface area contributed by atoms with Crippen molar-refractivity contribution in [2.45, 2.75) is 25.8 Å². The highest BCUT2D eigenvalue weighted by molar-refractivity contribution is 6.35. The second-order valence-electron chi connectivity index (χ2n) is 6.82. The van der Waals surface area contributed by atoms with Crippen LogP contribution in [0, 0.1) is 0 Å². The molecule has 0 saturated carbocycles. The first-order valence-electron chi connectivity index (χ1n) is 9.46. The van der Waals surface area contributed by atoms with E-state index in [9.17, 15) is 4.79 Å². The van der Waals surface area contributed by atoms with Crippen LogP contribution in [0.1, 0.15) is 31.6 Å². The van der Waals surface area contributed by atoms with Gasteiger partial charge in [0.1, 0.15) is 16.7 Å². The molecule has 6 N–H and O–H groups in total. The second kappa shape index (κ2) is 8.40. The largest absolute Gasteiger partial charge is 0.382 e. The molecule has 4 rings (SSSR count). The molecule has 10 nitrogen and oxygen atoms in total. The van der Waals surface area contributed by atoms with Gasteiger partial charge in [-0.25, -0.2) is 4.98 Å². The van der Waals surface area contributed by atoms with Crippen LogP contribution in [0.5, 0.6) is 0 Å². The Morgan fingerprint density at radius 2 is 2.03 bits per heavy atom. The minimum Gasteiger partial charge on any atom is -0.382 e. The molecular formula is C19H19Cl2N9O. The van der Waals surface area contributed by atoms with E-state index in [0.29, 0.717) is 33.9 Å². The highest BCUT2D eigenvalue weighted by Crippen LogP contribution is 2.31. The van der Waals surface area contributed by atoms with Gasteiger partial charge in [-0.2, -0.15) is 15.1 Å². The van der Waals surface area contributed by atoms with E-state index in [-0.39, 0.29) is 28.2 Å². The number of benzene rings is 1. The van der Waals surface area contributed by atoms with Gasteiger partial charge in [-0.15, -0.1) is 0 Å². The zero-order chi connectivity index (χ0) is 22.1. The Hall–Kier alpha value is -3.37. The third-order valence-electron chi connectivity index (χ3n) is 4.71. The van der Waals surface area contributed by atoms with Crippen LogP contribution in [0.4, 0.5) is 17.6 Å². The number of aromatic nitrogens is 6. The zero-order valence-corrected chi connectivity index (χ0v) is 17.9. The molecule has 0 radical (unpaired) electrons. The first kappa shape index (κ1) is 20.9.